The third-order valence-corrected chi connectivity index (χ3v) is 4.60. The van der Waals surface area contributed by atoms with Gasteiger partial charge in [0.2, 0.25) is 0 Å². The van der Waals surface area contributed by atoms with E-state index in [1.54, 1.807) is 5.56 Å². The van der Waals surface area contributed by atoms with Gasteiger partial charge in [0.15, 0.2) is 0 Å². The number of fused-ring (bicyclic) bond motifs is 1. The lowest BCUT2D eigenvalue weighted by atomic mass is 9.95. The summed E-state index contributed by atoms with van der Waals surface area (Å²) in [6.45, 7) is 0. The molecule has 0 nitrogen and oxygen atoms in total. The Morgan fingerprint density at radius 3 is 2.44 bits per heavy atom. The van der Waals surface area contributed by atoms with Gasteiger partial charge in [-0.2, -0.15) is 0 Å². The summed E-state index contributed by atoms with van der Waals surface area (Å²) in [6.07, 6.45) is 10.7. The van der Waals surface area contributed by atoms with Crippen LogP contribution in [-0.4, -0.2) is 0 Å². The van der Waals surface area contributed by atoms with Crippen LogP contribution in [0.3, 0.4) is 0 Å². The molecule has 0 unspecified atom stereocenters. The molecule has 0 saturated heterocycles. The van der Waals surface area contributed by atoms with Gasteiger partial charge in [-0.15, -0.1) is 0 Å². The zero-order chi connectivity index (χ0) is 11.0. The van der Waals surface area contributed by atoms with Crippen molar-refractivity contribution in [2.75, 3.05) is 0 Å². The van der Waals surface area contributed by atoms with Crippen molar-refractivity contribution in [1.82, 2.24) is 0 Å². The highest BCUT2D eigenvalue weighted by Gasteiger charge is 2.19. The Bertz CT molecular complexity index is 389. The van der Waals surface area contributed by atoms with Crippen LogP contribution in [0.1, 0.15) is 48.8 Å². The largest absolute Gasteiger partial charge is 0.0840 e. The monoisotopic (exact) mass is 234 g/mol. The third-order valence-electron chi connectivity index (χ3n) is 4.24. The van der Waals surface area contributed by atoms with E-state index in [4.69, 9.17) is 11.6 Å². The van der Waals surface area contributed by atoms with Crippen molar-refractivity contribution in [3.8, 4) is 0 Å². The van der Waals surface area contributed by atoms with Gasteiger partial charge in [-0.1, -0.05) is 43.4 Å². The molecule has 16 heavy (non-hydrogen) atoms. The maximum atomic E-state index is 6.39. The first-order valence-electron chi connectivity index (χ1n) is 6.63. The SMILES string of the molecule is Clc1cc2c(cc1CC1CCCC1)CCC2. The average molecular weight is 235 g/mol. The fourth-order valence-corrected chi connectivity index (χ4v) is 3.59. The third kappa shape index (κ3) is 2.00. The molecule has 0 N–H and O–H groups in total. The van der Waals surface area contributed by atoms with Gasteiger partial charge in [0, 0.05) is 5.02 Å². The van der Waals surface area contributed by atoms with E-state index in [0.29, 0.717) is 0 Å². The van der Waals surface area contributed by atoms with Crippen molar-refractivity contribution in [1.29, 1.82) is 0 Å². The maximum absolute atomic E-state index is 6.39. The van der Waals surface area contributed by atoms with E-state index in [1.165, 1.54) is 62.5 Å². The minimum absolute atomic E-state index is 0.900. The number of benzene rings is 1. The van der Waals surface area contributed by atoms with E-state index >= 15 is 0 Å². The van der Waals surface area contributed by atoms with Crippen LogP contribution in [0.25, 0.3) is 0 Å². The summed E-state index contributed by atoms with van der Waals surface area (Å²) in [5.41, 5.74) is 4.48. The molecule has 1 saturated carbocycles. The molecule has 0 spiro atoms. The van der Waals surface area contributed by atoms with E-state index in [0.717, 1.165) is 10.9 Å². The highest BCUT2D eigenvalue weighted by atomic mass is 35.5. The normalized spacial score (nSPS) is 20.3. The molecule has 1 fully saturated rings. The second-order valence-electron chi connectivity index (χ2n) is 5.42. The number of hydrogen-bond donors (Lipinski definition) is 0. The Labute approximate surface area is 103 Å². The van der Waals surface area contributed by atoms with E-state index in [2.05, 4.69) is 12.1 Å². The van der Waals surface area contributed by atoms with E-state index < -0.39 is 0 Å². The molecule has 3 rings (SSSR count). The summed E-state index contributed by atoms with van der Waals surface area (Å²) in [7, 11) is 0. The summed E-state index contributed by atoms with van der Waals surface area (Å²) in [6, 6.07) is 4.62. The molecule has 0 radical (unpaired) electrons. The summed E-state index contributed by atoms with van der Waals surface area (Å²) < 4.78 is 0. The van der Waals surface area contributed by atoms with Gasteiger partial charge < -0.3 is 0 Å². The average Bonchev–Trinajstić information content (AvgIpc) is 2.89. The first-order valence-corrected chi connectivity index (χ1v) is 7.01. The molecule has 0 atom stereocenters. The lowest BCUT2D eigenvalue weighted by molar-refractivity contribution is 0.546. The molecule has 1 aromatic carbocycles. The Hall–Kier alpha value is -0.490. The number of aryl methyl sites for hydroxylation is 2. The van der Waals surface area contributed by atoms with Gasteiger partial charge in [0.1, 0.15) is 0 Å². The van der Waals surface area contributed by atoms with Crippen LogP contribution in [-0.2, 0) is 19.3 Å². The van der Waals surface area contributed by atoms with Crippen LogP contribution in [0.2, 0.25) is 5.02 Å². The minimum atomic E-state index is 0.900. The first kappa shape index (κ1) is 10.7. The van der Waals surface area contributed by atoms with Gasteiger partial charge in [-0.05, 0) is 54.4 Å². The van der Waals surface area contributed by atoms with Crippen molar-refractivity contribution in [3.63, 3.8) is 0 Å². The van der Waals surface area contributed by atoms with E-state index in [9.17, 15) is 0 Å². The predicted octanol–water partition coefficient (Wildman–Crippen LogP) is 4.56. The van der Waals surface area contributed by atoms with Crippen molar-refractivity contribution in [2.45, 2.75) is 51.4 Å². The van der Waals surface area contributed by atoms with Crippen LogP contribution in [0.5, 0.6) is 0 Å². The van der Waals surface area contributed by atoms with Crippen LogP contribution in [0.15, 0.2) is 12.1 Å². The van der Waals surface area contributed by atoms with E-state index in [1.807, 2.05) is 0 Å². The zero-order valence-corrected chi connectivity index (χ0v) is 10.5. The maximum Gasteiger partial charge on any atom is 0.0441 e. The van der Waals surface area contributed by atoms with Crippen LogP contribution in [0.4, 0.5) is 0 Å². The molecule has 2 aliphatic rings. The molecular weight excluding hydrogens is 216 g/mol. The van der Waals surface area contributed by atoms with Gasteiger partial charge in [-0.3, -0.25) is 0 Å². The van der Waals surface area contributed by atoms with Crippen molar-refractivity contribution in [3.05, 3.63) is 33.8 Å². The summed E-state index contributed by atoms with van der Waals surface area (Å²) in [5.74, 6) is 0.900. The number of hydrogen-bond acceptors (Lipinski definition) is 0. The fourth-order valence-electron chi connectivity index (χ4n) is 3.33. The molecule has 0 amide bonds. The Morgan fingerprint density at radius 1 is 1.00 bits per heavy atom. The second kappa shape index (κ2) is 4.41. The Kier molecular flexibility index (Phi) is 2.93. The van der Waals surface area contributed by atoms with Gasteiger partial charge in [0.25, 0.3) is 0 Å². The number of rotatable bonds is 2. The molecule has 2 aliphatic carbocycles. The second-order valence-corrected chi connectivity index (χ2v) is 5.83. The quantitative estimate of drug-likeness (QED) is 0.704. The van der Waals surface area contributed by atoms with Crippen molar-refractivity contribution < 1.29 is 0 Å². The van der Waals surface area contributed by atoms with Crippen molar-refractivity contribution >= 4 is 11.6 Å². The van der Waals surface area contributed by atoms with Crippen LogP contribution in [0, 0.1) is 5.92 Å². The van der Waals surface area contributed by atoms with E-state index in [-0.39, 0.29) is 0 Å². The Balaban J connectivity index is 1.83. The van der Waals surface area contributed by atoms with Gasteiger partial charge in [-0.25, -0.2) is 0 Å². The minimum Gasteiger partial charge on any atom is -0.0840 e. The molecule has 0 aliphatic heterocycles. The molecule has 0 bridgehead atoms. The molecule has 0 heterocycles. The summed E-state index contributed by atoms with van der Waals surface area (Å²) in [5, 5.41) is 1.02. The smallest absolute Gasteiger partial charge is 0.0441 e. The topological polar surface area (TPSA) is 0 Å². The molecular formula is C15H19Cl. The lowest BCUT2D eigenvalue weighted by Crippen LogP contribution is -2.00. The Morgan fingerprint density at radius 2 is 1.69 bits per heavy atom. The standard InChI is InChI=1S/C15H19Cl/c16-15-10-13-7-3-6-12(13)9-14(15)8-11-4-1-2-5-11/h9-11H,1-8H2. The summed E-state index contributed by atoms with van der Waals surface area (Å²) in [4.78, 5) is 0. The lowest BCUT2D eigenvalue weighted by Gasteiger charge is -2.12. The van der Waals surface area contributed by atoms with Gasteiger partial charge in [0.05, 0.1) is 0 Å². The molecule has 1 aromatic rings. The predicted molar refractivity (Wildman–Crippen MR) is 69.1 cm³/mol. The molecule has 0 aromatic heterocycles. The first-order chi connectivity index (χ1) is 7.83. The van der Waals surface area contributed by atoms with Crippen molar-refractivity contribution in [2.24, 2.45) is 5.92 Å². The summed E-state index contributed by atoms with van der Waals surface area (Å²) >= 11 is 6.39. The van der Waals surface area contributed by atoms with Crippen LogP contribution >= 0.6 is 11.6 Å². The highest BCUT2D eigenvalue weighted by Crippen LogP contribution is 2.33. The fraction of sp³-hybridized carbons (Fsp3) is 0.600. The zero-order valence-electron chi connectivity index (χ0n) is 9.77. The van der Waals surface area contributed by atoms with Gasteiger partial charge >= 0.3 is 0 Å². The van der Waals surface area contributed by atoms with Crippen LogP contribution < -0.4 is 0 Å². The number of halogens is 1. The highest BCUT2D eigenvalue weighted by molar-refractivity contribution is 6.31. The molecule has 86 valence electrons. The molecule has 1 heteroatoms.